The number of hydrogen-bond donors (Lipinski definition) is 0. The van der Waals surface area contributed by atoms with Gasteiger partial charge in [0.1, 0.15) is 0 Å². The summed E-state index contributed by atoms with van der Waals surface area (Å²) in [7, 11) is 0. The minimum atomic E-state index is 0.426. The van der Waals surface area contributed by atoms with Gasteiger partial charge in [0, 0.05) is 0 Å². The average Bonchev–Trinajstić information content (AvgIpc) is 2.41. The van der Waals surface area contributed by atoms with Crippen molar-refractivity contribution < 1.29 is 4.42 Å². The van der Waals surface area contributed by atoms with Crippen molar-refractivity contribution in [2.24, 2.45) is 0 Å². The van der Waals surface area contributed by atoms with E-state index in [0.717, 1.165) is 5.69 Å². The summed E-state index contributed by atoms with van der Waals surface area (Å²) in [5, 5.41) is 3.99. The zero-order valence-corrected chi connectivity index (χ0v) is 6.48. The summed E-state index contributed by atoms with van der Waals surface area (Å²) in [5.41, 5.74) is 1.08. The van der Waals surface area contributed by atoms with Gasteiger partial charge in [0.2, 0.25) is 6.39 Å². The summed E-state index contributed by atoms with van der Waals surface area (Å²) >= 11 is 0. The van der Waals surface area contributed by atoms with Crippen molar-refractivity contribution in [3.63, 3.8) is 0 Å². The van der Waals surface area contributed by atoms with E-state index in [2.05, 4.69) is 23.9 Å². The standard InChI is InChI=1S/C7H9N3O/c1-5(2)6-3-8-7-10(6)9-4-11-7/h3-5H,1-2H3. The van der Waals surface area contributed by atoms with Gasteiger partial charge >= 0.3 is 5.84 Å². The normalized spacial score (nSPS) is 11.5. The SMILES string of the molecule is CC(C)c1cnc2ocnn12. The molecule has 2 aromatic rings. The van der Waals surface area contributed by atoms with E-state index in [1.54, 1.807) is 10.7 Å². The quantitative estimate of drug-likeness (QED) is 0.619. The van der Waals surface area contributed by atoms with Gasteiger partial charge in [-0.25, -0.2) is 4.98 Å². The molecule has 58 valence electrons. The molecule has 0 unspecified atom stereocenters. The van der Waals surface area contributed by atoms with Gasteiger partial charge in [-0.2, -0.15) is 4.52 Å². The molecule has 0 radical (unpaired) electrons. The fourth-order valence-electron chi connectivity index (χ4n) is 1.05. The molecule has 0 N–H and O–H groups in total. The number of hydrogen-bond acceptors (Lipinski definition) is 3. The zero-order chi connectivity index (χ0) is 7.84. The van der Waals surface area contributed by atoms with Gasteiger partial charge in [0.15, 0.2) is 0 Å². The molecular weight excluding hydrogens is 142 g/mol. The molecule has 4 heteroatoms. The summed E-state index contributed by atoms with van der Waals surface area (Å²) in [6.45, 7) is 4.19. The van der Waals surface area contributed by atoms with E-state index < -0.39 is 0 Å². The lowest BCUT2D eigenvalue weighted by molar-refractivity contribution is 0.589. The first-order valence-corrected chi connectivity index (χ1v) is 3.56. The van der Waals surface area contributed by atoms with Crippen LogP contribution in [-0.4, -0.2) is 14.6 Å². The molecule has 4 nitrogen and oxygen atoms in total. The first-order valence-electron chi connectivity index (χ1n) is 3.56. The summed E-state index contributed by atoms with van der Waals surface area (Å²) < 4.78 is 6.70. The summed E-state index contributed by atoms with van der Waals surface area (Å²) in [6.07, 6.45) is 3.19. The highest BCUT2D eigenvalue weighted by atomic mass is 16.4. The van der Waals surface area contributed by atoms with Gasteiger partial charge in [0.25, 0.3) is 0 Å². The van der Waals surface area contributed by atoms with Gasteiger partial charge in [0.05, 0.1) is 11.9 Å². The van der Waals surface area contributed by atoms with Gasteiger partial charge in [-0.1, -0.05) is 13.8 Å². The predicted molar refractivity (Wildman–Crippen MR) is 39.3 cm³/mol. The maximum absolute atomic E-state index is 4.99. The molecule has 0 aliphatic rings. The lowest BCUT2D eigenvalue weighted by Crippen LogP contribution is -1.94. The Morgan fingerprint density at radius 2 is 2.36 bits per heavy atom. The van der Waals surface area contributed by atoms with Crippen LogP contribution in [0.1, 0.15) is 25.5 Å². The van der Waals surface area contributed by atoms with Crippen LogP contribution in [0.25, 0.3) is 5.84 Å². The van der Waals surface area contributed by atoms with E-state index >= 15 is 0 Å². The second-order valence-corrected chi connectivity index (χ2v) is 2.77. The first-order chi connectivity index (χ1) is 5.29. The number of fused-ring (bicyclic) bond motifs is 1. The third-order valence-electron chi connectivity index (χ3n) is 1.65. The molecule has 0 amide bonds. The van der Waals surface area contributed by atoms with Crippen LogP contribution >= 0.6 is 0 Å². The Kier molecular flexibility index (Phi) is 1.21. The van der Waals surface area contributed by atoms with Crippen LogP contribution in [0.4, 0.5) is 0 Å². The Morgan fingerprint density at radius 3 is 3.09 bits per heavy atom. The Labute approximate surface area is 63.8 Å². The van der Waals surface area contributed by atoms with Crippen molar-refractivity contribution in [2.75, 3.05) is 0 Å². The highest BCUT2D eigenvalue weighted by Gasteiger charge is 2.08. The predicted octanol–water partition coefficient (Wildman–Crippen LogP) is 1.45. The van der Waals surface area contributed by atoms with E-state index in [1.165, 1.54) is 6.39 Å². The molecule has 0 bridgehead atoms. The Balaban J connectivity index is 2.68. The number of rotatable bonds is 1. The lowest BCUT2D eigenvalue weighted by Gasteiger charge is -1.97. The Hall–Kier alpha value is -1.32. The maximum Gasteiger partial charge on any atom is 0.324 e. The van der Waals surface area contributed by atoms with Gasteiger partial charge in [-0.15, -0.1) is 5.10 Å². The molecule has 0 spiro atoms. The highest BCUT2D eigenvalue weighted by Crippen LogP contribution is 2.14. The highest BCUT2D eigenvalue weighted by molar-refractivity contribution is 5.25. The van der Waals surface area contributed by atoms with Crippen molar-refractivity contribution >= 4 is 5.84 Å². The van der Waals surface area contributed by atoms with E-state index in [0.29, 0.717) is 11.8 Å². The van der Waals surface area contributed by atoms with Crippen LogP contribution in [0.5, 0.6) is 0 Å². The largest absolute Gasteiger partial charge is 0.410 e. The van der Waals surface area contributed by atoms with Gasteiger partial charge in [-0.3, -0.25) is 0 Å². The van der Waals surface area contributed by atoms with Crippen LogP contribution in [0.3, 0.4) is 0 Å². The molecule has 0 aliphatic heterocycles. The topological polar surface area (TPSA) is 43.3 Å². The smallest absolute Gasteiger partial charge is 0.324 e. The number of nitrogens with zero attached hydrogens (tertiary/aromatic N) is 3. The molecule has 0 fully saturated rings. The molecule has 2 aromatic heterocycles. The first kappa shape index (κ1) is 6.39. The summed E-state index contributed by atoms with van der Waals surface area (Å²) in [4.78, 5) is 4.03. The zero-order valence-electron chi connectivity index (χ0n) is 6.48. The maximum atomic E-state index is 4.99. The van der Waals surface area contributed by atoms with Crippen molar-refractivity contribution in [1.82, 2.24) is 14.6 Å². The van der Waals surface area contributed by atoms with E-state index in [4.69, 9.17) is 4.42 Å². The third-order valence-corrected chi connectivity index (χ3v) is 1.65. The summed E-state index contributed by atoms with van der Waals surface area (Å²) in [6, 6.07) is 0. The van der Waals surface area contributed by atoms with Crippen molar-refractivity contribution in [1.29, 1.82) is 0 Å². The van der Waals surface area contributed by atoms with E-state index in [9.17, 15) is 0 Å². The third kappa shape index (κ3) is 0.824. The minimum absolute atomic E-state index is 0.426. The van der Waals surface area contributed by atoms with Crippen LogP contribution in [0, 0.1) is 0 Å². The van der Waals surface area contributed by atoms with Crippen LogP contribution < -0.4 is 0 Å². The molecule has 2 heterocycles. The Morgan fingerprint density at radius 1 is 1.55 bits per heavy atom. The second-order valence-electron chi connectivity index (χ2n) is 2.77. The Bertz CT molecular complexity index is 360. The number of imidazole rings is 1. The molecule has 0 atom stereocenters. The lowest BCUT2D eigenvalue weighted by atomic mass is 10.2. The second kappa shape index (κ2) is 2.08. The van der Waals surface area contributed by atoms with E-state index in [1.807, 2.05) is 0 Å². The molecule has 0 saturated carbocycles. The fourth-order valence-corrected chi connectivity index (χ4v) is 1.05. The molecule has 11 heavy (non-hydrogen) atoms. The van der Waals surface area contributed by atoms with Crippen LogP contribution in [0.2, 0.25) is 0 Å². The average molecular weight is 151 g/mol. The van der Waals surface area contributed by atoms with Gasteiger partial charge in [-0.05, 0) is 5.92 Å². The van der Waals surface area contributed by atoms with Crippen LogP contribution in [-0.2, 0) is 0 Å². The molecular formula is C7H9N3O. The van der Waals surface area contributed by atoms with Crippen molar-refractivity contribution in [2.45, 2.75) is 19.8 Å². The summed E-state index contributed by atoms with van der Waals surface area (Å²) in [5.74, 6) is 0.990. The monoisotopic (exact) mass is 151 g/mol. The van der Waals surface area contributed by atoms with Crippen molar-refractivity contribution in [3.05, 3.63) is 18.3 Å². The molecule has 0 saturated heterocycles. The minimum Gasteiger partial charge on any atom is -0.410 e. The van der Waals surface area contributed by atoms with Gasteiger partial charge < -0.3 is 4.42 Å². The molecule has 2 rings (SSSR count). The molecule has 0 aliphatic carbocycles. The van der Waals surface area contributed by atoms with Crippen molar-refractivity contribution in [3.8, 4) is 0 Å². The van der Waals surface area contributed by atoms with E-state index in [-0.39, 0.29) is 0 Å². The fraction of sp³-hybridized carbons (Fsp3) is 0.429. The number of aromatic nitrogens is 3. The molecule has 0 aromatic carbocycles. The van der Waals surface area contributed by atoms with Crippen LogP contribution in [0.15, 0.2) is 17.0 Å².